The van der Waals surface area contributed by atoms with Crippen molar-refractivity contribution in [1.29, 1.82) is 0 Å². The van der Waals surface area contributed by atoms with Crippen molar-refractivity contribution in [2.45, 2.75) is 18.4 Å². The summed E-state index contributed by atoms with van der Waals surface area (Å²) in [5.74, 6) is -1.56. The molecule has 2 heterocycles. The lowest BCUT2D eigenvalue weighted by Crippen LogP contribution is -2.10. The molecule has 0 saturated heterocycles. The largest absolute Gasteiger partial charge is 0.480 e. The molecular weight excluding hydrogens is 433 g/mol. The number of aromatic nitrogens is 1. The van der Waals surface area contributed by atoms with Gasteiger partial charge in [0.05, 0.1) is 4.90 Å². The highest BCUT2D eigenvalue weighted by atomic mass is 32.2. The first-order valence-electron chi connectivity index (χ1n) is 9.64. The average Bonchev–Trinajstić information content (AvgIpc) is 3.15. The van der Waals surface area contributed by atoms with Gasteiger partial charge in [0.1, 0.15) is 12.4 Å². The summed E-state index contributed by atoms with van der Waals surface area (Å²) in [5.41, 5.74) is 9.20. The maximum Gasteiger partial charge on any atom is 0.323 e. The quantitative estimate of drug-likeness (QED) is 0.575. The number of aliphatic imine (C=N–C) groups is 1. The zero-order valence-electron chi connectivity index (χ0n) is 17.3. The maximum absolute atomic E-state index is 14.1. The van der Waals surface area contributed by atoms with Gasteiger partial charge in [-0.25, -0.2) is 12.8 Å². The van der Waals surface area contributed by atoms with Gasteiger partial charge in [-0.2, -0.15) is 0 Å². The Morgan fingerprint density at radius 1 is 1.25 bits per heavy atom. The number of hydrogen-bond donors (Lipinski definition) is 2. The maximum atomic E-state index is 14.1. The third kappa shape index (κ3) is 3.40. The zero-order valence-corrected chi connectivity index (χ0v) is 18.1. The number of halogens is 1. The van der Waals surface area contributed by atoms with Crippen LogP contribution in [-0.2, 0) is 21.2 Å². The van der Waals surface area contributed by atoms with Crippen LogP contribution in [-0.4, -0.2) is 37.3 Å². The average molecular weight is 453 g/mol. The number of rotatable bonds is 5. The fourth-order valence-electron chi connectivity index (χ4n) is 4.12. The molecule has 3 N–H and O–H groups in total. The lowest BCUT2D eigenvalue weighted by atomic mass is 9.95. The van der Waals surface area contributed by atoms with Crippen LogP contribution in [0.2, 0.25) is 0 Å². The number of hydrogen-bond acceptors (Lipinski definition) is 5. The van der Waals surface area contributed by atoms with Crippen LogP contribution in [0.3, 0.4) is 0 Å². The van der Waals surface area contributed by atoms with E-state index in [0.717, 1.165) is 5.41 Å². The molecule has 0 unspecified atom stereocenters. The predicted octanol–water partition coefficient (Wildman–Crippen LogP) is 3.35. The summed E-state index contributed by atoms with van der Waals surface area (Å²) in [4.78, 5) is 15.4. The Bertz CT molecular complexity index is 1480. The molecule has 0 fully saturated rings. The molecule has 0 spiro atoms. The summed E-state index contributed by atoms with van der Waals surface area (Å²) >= 11 is 0. The fraction of sp³-hybridized carbons (Fsp3) is 0.130. The van der Waals surface area contributed by atoms with Crippen LogP contribution in [0, 0.1) is 12.7 Å². The van der Waals surface area contributed by atoms with Crippen molar-refractivity contribution in [1.82, 2.24) is 4.57 Å². The van der Waals surface area contributed by atoms with Gasteiger partial charge in [0.25, 0.3) is 0 Å². The SMILES string of the molecule is CN=CC(=CN)c1ccc2c(c1)S(=O)(=O)C=C2c1c(C)n(CC(=O)O)c2ccc(F)cc12. The topological polar surface area (TPSA) is 115 Å². The summed E-state index contributed by atoms with van der Waals surface area (Å²) in [6.07, 6.45) is 2.88. The Morgan fingerprint density at radius 2 is 2.00 bits per heavy atom. The number of allylic oxidation sites excluding steroid dienone is 1. The number of benzene rings is 2. The molecule has 3 aromatic rings. The summed E-state index contributed by atoms with van der Waals surface area (Å²) in [6, 6.07) is 8.98. The number of nitrogens with two attached hydrogens (primary N) is 1. The summed E-state index contributed by atoms with van der Waals surface area (Å²) in [5, 5.41) is 10.9. The second-order valence-electron chi connectivity index (χ2n) is 7.40. The van der Waals surface area contributed by atoms with E-state index in [2.05, 4.69) is 4.99 Å². The minimum atomic E-state index is -3.79. The van der Waals surface area contributed by atoms with E-state index in [4.69, 9.17) is 5.73 Å². The number of nitrogens with zero attached hydrogens (tertiary/aromatic N) is 2. The molecule has 0 amide bonds. The van der Waals surface area contributed by atoms with Crippen LogP contribution in [0.1, 0.15) is 22.4 Å². The van der Waals surface area contributed by atoms with E-state index in [1.165, 1.54) is 36.7 Å². The molecule has 4 rings (SSSR count). The number of carboxylic acids is 1. The highest BCUT2D eigenvalue weighted by Crippen LogP contribution is 2.43. The van der Waals surface area contributed by atoms with Crippen LogP contribution >= 0.6 is 0 Å². The first kappa shape index (κ1) is 21.5. The minimum Gasteiger partial charge on any atom is -0.480 e. The number of carbonyl (C=O) groups is 1. The van der Waals surface area contributed by atoms with E-state index >= 15 is 0 Å². The molecule has 0 bridgehead atoms. The Labute approximate surface area is 183 Å². The third-order valence-electron chi connectivity index (χ3n) is 5.48. The van der Waals surface area contributed by atoms with Crippen molar-refractivity contribution < 1.29 is 22.7 Å². The molecular formula is C23H20FN3O4S. The summed E-state index contributed by atoms with van der Waals surface area (Å²) in [7, 11) is -2.20. The standard InChI is InChI=1S/C23H20FN3O4S/c1-13-23(18-8-16(24)4-6-20(18)27(13)11-22(28)29)19-12-32(30,31)21-7-14(3-5-17(19)21)15(9-25)10-26-2/h3-10,12H,11,25H2,1-2H3,(H,28,29). The lowest BCUT2D eigenvalue weighted by molar-refractivity contribution is -0.137. The van der Waals surface area contributed by atoms with Gasteiger partial charge >= 0.3 is 5.97 Å². The van der Waals surface area contributed by atoms with Gasteiger partial charge in [0.2, 0.25) is 9.84 Å². The molecule has 0 radical (unpaired) electrons. The van der Waals surface area contributed by atoms with Gasteiger partial charge in [-0.3, -0.25) is 9.79 Å². The van der Waals surface area contributed by atoms with E-state index in [9.17, 15) is 22.7 Å². The predicted molar refractivity (Wildman–Crippen MR) is 122 cm³/mol. The molecule has 7 nitrogen and oxygen atoms in total. The monoisotopic (exact) mass is 453 g/mol. The van der Waals surface area contributed by atoms with Gasteiger partial charge in [-0.15, -0.1) is 0 Å². The van der Waals surface area contributed by atoms with E-state index in [0.29, 0.717) is 44.4 Å². The normalized spacial score (nSPS) is 15.3. The van der Waals surface area contributed by atoms with Crippen molar-refractivity contribution >= 4 is 44.1 Å². The molecule has 1 aliphatic heterocycles. The van der Waals surface area contributed by atoms with Crippen molar-refractivity contribution in [2.24, 2.45) is 10.7 Å². The van der Waals surface area contributed by atoms with E-state index < -0.39 is 21.6 Å². The molecule has 1 aromatic heterocycles. The number of sulfone groups is 1. The summed E-state index contributed by atoms with van der Waals surface area (Å²) in [6.45, 7) is 1.36. The molecule has 9 heteroatoms. The molecule has 32 heavy (non-hydrogen) atoms. The molecule has 0 aliphatic carbocycles. The van der Waals surface area contributed by atoms with Crippen molar-refractivity contribution in [3.8, 4) is 0 Å². The van der Waals surface area contributed by atoms with Crippen LogP contribution in [0.15, 0.2) is 57.9 Å². The van der Waals surface area contributed by atoms with Crippen LogP contribution in [0.5, 0.6) is 0 Å². The Balaban J connectivity index is 1.99. The molecule has 2 aromatic carbocycles. The zero-order chi connectivity index (χ0) is 23.2. The van der Waals surface area contributed by atoms with E-state index in [1.807, 2.05) is 0 Å². The number of aliphatic carboxylic acids is 1. The van der Waals surface area contributed by atoms with Crippen LogP contribution < -0.4 is 5.73 Å². The lowest BCUT2D eigenvalue weighted by Gasteiger charge is -2.09. The molecule has 1 aliphatic rings. The van der Waals surface area contributed by atoms with Crippen molar-refractivity contribution in [3.05, 3.63) is 76.2 Å². The van der Waals surface area contributed by atoms with Crippen molar-refractivity contribution in [3.63, 3.8) is 0 Å². The van der Waals surface area contributed by atoms with Crippen LogP contribution in [0.25, 0.3) is 22.0 Å². The highest BCUT2D eigenvalue weighted by molar-refractivity contribution is 7.95. The summed E-state index contributed by atoms with van der Waals surface area (Å²) < 4.78 is 41.7. The smallest absolute Gasteiger partial charge is 0.323 e. The van der Waals surface area contributed by atoms with Gasteiger partial charge < -0.3 is 15.4 Å². The number of carboxylic acid groups (broad SMARTS) is 1. The van der Waals surface area contributed by atoms with Gasteiger partial charge in [0.15, 0.2) is 0 Å². The second-order valence-corrected chi connectivity index (χ2v) is 9.16. The van der Waals surface area contributed by atoms with E-state index in [-0.39, 0.29) is 11.4 Å². The number of fused-ring (bicyclic) bond motifs is 2. The van der Waals surface area contributed by atoms with Gasteiger partial charge in [-0.05, 0) is 36.8 Å². The highest BCUT2D eigenvalue weighted by Gasteiger charge is 2.31. The first-order chi connectivity index (χ1) is 15.2. The Kier molecular flexibility index (Phi) is 5.21. The van der Waals surface area contributed by atoms with Crippen LogP contribution in [0.4, 0.5) is 4.39 Å². The first-order valence-corrected chi connectivity index (χ1v) is 11.2. The Hall–Kier alpha value is -3.72. The van der Waals surface area contributed by atoms with Gasteiger partial charge in [-0.1, -0.05) is 12.1 Å². The molecule has 0 atom stereocenters. The minimum absolute atomic E-state index is 0.101. The second kappa shape index (κ2) is 7.76. The molecule has 0 saturated carbocycles. The fourth-order valence-corrected chi connectivity index (χ4v) is 5.58. The third-order valence-corrected chi connectivity index (χ3v) is 6.98. The van der Waals surface area contributed by atoms with Crippen molar-refractivity contribution in [2.75, 3.05) is 7.05 Å². The van der Waals surface area contributed by atoms with E-state index in [1.54, 1.807) is 30.7 Å². The Morgan fingerprint density at radius 3 is 2.66 bits per heavy atom. The van der Waals surface area contributed by atoms with Gasteiger partial charge in [0, 0.05) is 63.7 Å². The molecule has 164 valence electrons.